The van der Waals surface area contributed by atoms with Gasteiger partial charge in [-0.2, -0.15) is 16.4 Å². The van der Waals surface area contributed by atoms with E-state index in [9.17, 15) is 0 Å². The Morgan fingerprint density at radius 1 is 0.889 bits per heavy atom. The van der Waals surface area contributed by atoms with Crippen LogP contribution in [0.4, 0.5) is 0 Å². The topological polar surface area (TPSA) is 58.9 Å². The Bertz CT molecular complexity index is 161. The second-order valence-corrected chi connectivity index (χ2v) is 6.12. The molecule has 0 saturated heterocycles. The Kier molecular flexibility index (Phi) is 16.2. The largest absolute Gasteiger partial charge is 0.357 e. The van der Waals surface area contributed by atoms with Crippen molar-refractivity contribution >= 4 is 20.4 Å². The molecular formula is C12H27O4PS. The maximum absolute atomic E-state index is 8.40. The maximum Gasteiger partial charge on any atom is 0.357 e. The summed E-state index contributed by atoms with van der Waals surface area (Å²) in [5.41, 5.74) is 0. The molecule has 110 valence electrons. The zero-order valence-electron chi connectivity index (χ0n) is 11.3. The molecule has 0 aromatic heterocycles. The summed E-state index contributed by atoms with van der Waals surface area (Å²) in [5, 5.41) is 0. The molecule has 0 aliphatic heterocycles. The van der Waals surface area contributed by atoms with Gasteiger partial charge >= 0.3 is 8.60 Å². The van der Waals surface area contributed by atoms with Crippen LogP contribution in [-0.4, -0.2) is 27.9 Å². The van der Waals surface area contributed by atoms with E-state index in [2.05, 4.69) is 16.5 Å². The van der Waals surface area contributed by atoms with Crippen LogP contribution in [0.5, 0.6) is 0 Å². The highest BCUT2D eigenvalue weighted by Crippen LogP contribution is 2.24. The average Bonchev–Trinajstić information content (AvgIpc) is 2.34. The number of hydrogen-bond acceptors (Lipinski definition) is 5. The molecule has 18 heavy (non-hydrogen) atoms. The minimum Gasteiger partial charge on any atom is -0.327 e. The minimum atomic E-state index is -2.37. The molecule has 0 fully saturated rings. The van der Waals surface area contributed by atoms with Crippen molar-refractivity contribution in [1.29, 1.82) is 0 Å². The molecule has 0 spiro atoms. The lowest BCUT2D eigenvalue weighted by Crippen LogP contribution is -1.96. The maximum atomic E-state index is 8.40. The number of thioether (sulfide) groups is 1. The number of rotatable bonds is 14. The highest BCUT2D eigenvalue weighted by Gasteiger charge is 1.99. The van der Waals surface area contributed by atoms with E-state index in [0.717, 1.165) is 11.5 Å². The first kappa shape index (κ1) is 18.6. The molecule has 0 aromatic rings. The van der Waals surface area contributed by atoms with E-state index in [4.69, 9.17) is 9.79 Å². The molecule has 4 nitrogen and oxygen atoms in total. The van der Waals surface area contributed by atoms with E-state index in [1.54, 1.807) is 0 Å². The van der Waals surface area contributed by atoms with Gasteiger partial charge in [0.1, 0.15) is 0 Å². The van der Waals surface area contributed by atoms with Crippen molar-refractivity contribution in [1.82, 2.24) is 0 Å². The van der Waals surface area contributed by atoms with Gasteiger partial charge in [-0.15, -0.1) is 0 Å². The van der Waals surface area contributed by atoms with Crippen LogP contribution in [0.3, 0.4) is 0 Å². The molecule has 0 amide bonds. The van der Waals surface area contributed by atoms with Gasteiger partial charge in [0.05, 0.1) is 6.61 Å². The summed E-state index contributed by atoms with van der Waals surface area (Å²) in [6.45, 7) is 2.65. The smallest absolute Gasteiger partial charge is 0.327 e. The third kappa shape index (κ3) is 16.6. The van der Waals surface area contributed by atoms with Crippen molar-refractivity contribution in [2.45, 2.75) is 58.3 Å². The highest BCUT2D eigenvalue weighted by molar-refractivity contribution is 7.99. The van der Waals surface area contributed by atoms with Gasteiger partial charge in [-0.25, -0.2) is 4.89 Å². The first-order chi connectivity index (χ1) is 8.77. The summed E-state index contributed by atoms with van der Waals surface area (Å²) in [4.78, 5) is 21.4. The van der Waals surface area contributed by atoms with Gasteiger partial charge in [-0.05, 0) is 12.2 Å². The monoisotopic (exact) mass is 298 g/mol. The third-order valence-electron chi connectivity index (χ3n) is 2.57. The molecule has 6 heteroatoms. The van der Waals surface area contributed by atoms with Crippen molar-refractivity contribution < 1.29 is 19.3 Å². The van der Waals surface area contributed by atoms with Gasteiger partial charge in [0, 0.05) is 5.75 Å². The van der Waals surface area contributed by atoms with Gasteiger partial charge in [0.2, 0.25) is 0 Å². The molecule has 0 aromatic carbocycles. The lowest BCUT2D eigenvalue weighted by Gasteiger charge is -2.04. The molecular weight excluding hydrogens is 271 g/mol. The van der Waals surface area contributed by atoms with E-state index in [1.165, 1.54) is 51.4 Å². The lowest BCUT2D eigenvalue weighted by atomic mass is 10.1. The Hall–Kier alpha value is 0.620. The molecule has 0 aliphatic carbocycles. The zero-order chi connectivity index (χ0) is 13.5. The molecule has 0 atom stereocenters. The first-order valence-electron chi connectivity index (χ1n) is 6.82. The second-order valence-electron chi connectivity index (χ2n) is 4.24. The Balaban J connectivity index is 2.90. The SMILES string of the molecule is CCCCCCCCCCSCCOOP(O)O. The van der Waals surface area contributed by atoms with E-state index >= 15 is 0 Å². The zero-order valence-corrected chi connectivity index (χ0v) is 13.1. The van der Waals surface area contributed by atoms with E-state index < -0.39 is 8.60 Å². The summed E-state index contributed by atoms with van der Waals surface area (Å²) >= 11 is 1.82. The molecule has 0 aliphatic rings. The van der Waals surface area contributed by atoms with Gasteiger partial charge in [0.25, 0.3) is 0 Å². The van der Waals surface area contributed by atoms with Crippen molar-refractivity contribution in [3.05, 3.63) is 0 Å². The molecule has 0 unspecified atom stereocenters. The lowest BCUT2D eigenvalue weighted by molar-refractivity contribution is -0.207. The molecule has 2 N–H and O–H groups in total. The van der Waals surface area contributed by atoms with Crippen LogP contribution in [0.2, 0.25) is 0 Å². The van der Waals surface area contributed by atoms with Gasteiger partial charge in [-0.1, -0.05) is 51.9 Å². The van der Waals surface area contributed by atoms with E-state index in [-0.39, 0.29) is 0 Å². The predicted molar refractivity (Wildman–Crippen MR) is 78.3 cm³/mol. The van der Waals surface area contributed by atoms with Gasteiger partial charge in [-0.3, -0.25) is 0 Å². The fourth-order valence-electron chi connectivity index (χ4n) is 1.62. The molecule has 0 rings (SSSR count). The van der Waals surface area contributed by atoms with Gasteiger partial charge < -0.3 is 9.79 Å². The fourth-order valence-corrected chi connectivity index (χ4v) is 2.58. The van der Waals surface area contributed by atoms with Crippen LogP contribution in [0, 0.1) is 0 Å². The van der Waals surface area contributed by atoms with E-state index in [0.29, 0.717) is 6.61 Å². The van der Waals surface area contributed by atoms with Crippen molar-refractivity contribution in [3.63, 3.8) is 0 Å². The van der Waals surface area contributed by atoms with Crippen LogP contribution >= 0.6 is 20.4 Å². The molecule has 0 bridgehead atoms. The van der Waals surface area contributed by atoms with Crippen molar-refractivity contribution in [2.75, 3.05) is 18.1 Å². The highest BCUT2D eigenvalue weighted by atomic mass is 32.2. The van der Waals surface area contributed by atoms with E-state index in [1.807, 2.05) is 11.8 Å². The Morgan fingerprint density at radius 2 is 1.50 bits per heavy atom. The predicted octanol–water partition coefficient (Wildman–Crippen LogP) is 4.02. The normalized spacial score (nSPS) is 11.3. The summed E-state index contributed by atoms with van der Waals surface area (Å²) < 4.78 is 4.20. The second kappa shape index (κ2) is 15.7. The standard InChI is InChI=1S/C12H27O4PS/c1-2-3-4-5-6-7-8-9-11-18-12-10-15-16-17(13)14/h13-14H,2-12H2,1H3. The quantitative estimate of drug-likeness (QED) is 0.219. The van der Waals surface area contributed by atoms with Crippen molar-refractivity contribution in [2.24, 2.45) is 0 Å². The van der Waals surface area contributed by atoms with Gasteiger partial charge in [0.15, 0.2) is 0 Å². The summed E-state index contributed by atoms with van der Waals surface area (Å²) in [5.74, 6) is 1.98. The molecule has 0 heterocycles. The first-order valence-corrected chi connectivity index (χ1v) is 9.14. The average molecular weight is 298 g/mol. The molecule has 0 radical (unpaired) electrons. The van der Waals surface area contributed by atoms with Crippen molar-refractivity contribution in [3.8, 4) is 0 Å². The van der Waals surface area contributed by atoms with Crippen LogP contribution in [0.15, 0.2) is 0 Å². The number of hydrogen-bond donors (Lipinski definition) is 2. The summed E-state index contributed by atoms with van der Waals surface area (Å²) in [6, 6.07) is 0. The van der Waals surface area contributed by atoms with Crippen LogP contribution in [0.1, 0.15) is 58.3 Å². The molecule has 0 saturated carbocycles. The fraction of sp³-hybridized carbons (Fsp3) is 1.00. The Labute approximate surface area is 116 Å². The summed E-state index contributed by atoms with van der Waals surface area (Å²) in [6.07, 6.45) is 10.8. The van der Waals surface area contributed by atoms with Crippen LogP contribution < -0.4 is 0 Å². The Morgan fingerprint density at radius 3 is 2.11 bits per heavy atom. The third-order valence-corrected chi connectivity index (χ3v) is 3.84. The summed E-state index contributed by atoms with van der Waals surface area (Å²) in [7, 11) is -2.37. The minimum absolute atomic E-state index is 0.404. The number of unbranched alkanes of at least 4 members (excludes halogenated alkanes) is 7. The van der Waals surface area contributed by atoms with Crippen LogP contribution in [0.25, 0.3) is 0 Å². The van der Waals surface area contributed by atoms with Crippen LogP contribution in [-0.2, 0) is 9.56 Å².